The van der Waals surface area contributed by atoms with E-state index in [0.29, 0.717) is 43.6 Å². The molecule has 0 spiro atoms. The van der Waals surface area contributed by atoms with E-state index in [-0.39, 0.29) is 18.3 Å². The van der Waals surface area contributed by atoms with E-state index < -0.39 is 5.97 Å². The summed E-state index contributed by atoms with van der Waals surface area (Å²) < 4.78 is 17.8. The molecule has 1 amide bonds. The molecule has 12 heteroatoms. The molecule has 2 aromatic heterocycles. The van der Waals surface area contributed by atoms with E-state index in [1.165, 1.54) is 30.2 Å². The van der Waals surface area contributed by atoms with Crippen molar-refractivity contribution in [3.63, 3.8) is 0 Å². The number of hydrogen-bond acceptors (Lipinski definition) is 9. The highest BCUT2D eigenvalue weighted by Gasteiger charge is 2.23. The van der Waals surface area contributed by atoms with Crippen LogP contribution in [0.25, 0.3) is 11.1 Å². The van der Waals surface area contributed by atoms with Crippen molar-refractivity contribution in [3.8, 4) is 22.6 Å². The maximum Gasteiger partial charge on any atom is 0.341 e. The molecule has 0 aliphatic carbocycles. The predicted octanol–water partition coefficient (Wildman–Crippen LogP) is 5.61. The number of rotatable bonds is 10. The number of aryl methyl sites for hydroxylation is 1. The highest BCUT2D eigenvalue weighted by Crippen LogP contribution is 2.37. The third-order valence-electron chi connectivity index (χ3n) is 5.59. The largest absolute Gasteiger partial charge is 0.497 e. The highest BCUT2D eigenvalue weighted by atomic mass is 35.5. The number of anilines is 1. The third-order valence-corrected chi connectivity index (χ3v) is 7.93. The Bertz CT molecular complexity index is 1450. The smallest absolute Gasteiger partial charge is 0.341 e. The maximum absolute atomic E-state index is 12.8. The van der Waals surface area contributed by atoms with E-state index in [0.717, 1.165) is 11.1 Å². The first-order chi connectivity index (χ1) is 18.3. The van der Waals surface area contributed by atoms with Gasteiger partial charge in [0.1, 0.15) is 28.7 Å². The number of thioether (sulfide) groups is 1. The summed E-state index contributed by atoms with van der Waals surface area (Å²) in [6.07, 6.45) is 0. The number of hydrogen-bond donors (Lipinski definition) is 1. The number of thiophene rings is 1. The van der Waals surface area contributed by atoms with Crippen LogP contribution in [0.3, 0.4) is 0 Å². The molecule has 0 aliphatic heterocycles. The summed E-state index contributed by atoms with van der Waals surface area (Å²) in [5, 5.41) is 14.6. The van der Waals surface area contributed by atoms with Gasteiger partial charge in [0.2, 0.25) is 5.91 Å². The molecule has 0 radical (unpaired) electrons. The van der Waals surface area contributed by atoms with Crippen LogP contribution in [-0.4, -0.2) is 46.6 Å². The first-order valence-electron chi connectivity index (χ1n) is 11.3. The summed E-state index contributed by atoms with van der Waals surface area (Å²) in [5.74, 6) is 1.23. The summed E-state index contributed by atoms with van der Waals surface area (Å²) in [6.45, 7) is 2.12. The number of esters is 1. The summed E-state index contributed by atoms with van der Waals surface area (Å²) >= 11 is 8.55. The number of ether oxygens (including phenoxy) is 3. The van der Waals surface area contributed by atoms with Gasteiger partial charge in [-0.25, -0.2) is 4.79 Å². The van der Waals surface area contributed by atoms with Gasteiger partial charge < -0.3 is 24.1 Å². The lowest BCUT2D eigenvalue weighted by atomic mass is 10.0. The molecule has 0 saturated carbocycles. The van der Waals surface area contributed by atoms with E-state index in [4.69, 9.17) is 25.8 Å². The molecule has 0 saturated heterocycles. The molecule has 38 heavy (non-hydrogen) atoms. The SMILES string of the molecule is COC(=O)c1c(-c2ccc(OC)cc2)csc1NC(=O)CSc1nnc(COc2ccc(Cl)c(C)c2)n1C. The molecule has 0 bridgehead atoms. The van der Waals surface area contributed by atoms with Crippen LogP contribution in [0.15, 0.2) is 53.0 Å². The van der Waals surface area contributed by atoms with E-state index >= 15 is 0 Å². The minimum absolute atomic E-state index is 0.0690. The topological polar surface area (TPSA) is 105 Å². The van der Waals surface area contributed by atoms with Crippen LogP contribution >= 0.6 is 34.7 Å². The molecular formula is C26H25ClN4O5S2. The van der Waals surface area contributed by atoms with Gasteiger partial charge in [-0.05, 0) is 48.4 Å². The van der Waals surface area contributed by atoms with Crippen molar-refractivity contribution in [1.82, 2.24) is 14.8 Å². The summed E-state index contributed by atoms with van der Waals surface area (Å²) in [7, 11) is 4.70. The fraction of sp³-hybridized carbons (Fsp3) is 0.231. The molecule has 0 aliphatic rings. The zero-order valence-corrected chi connectivity index (χ0v) is 23.5. The second kappa shape index (κ2) is 12.3. The predicted molar refractivity (Wildman–Crippen MR) is 149 cm³/mol. The number of nitrogens with zero attached hydrogens (tertiary/aromatic N) is 3. The Morgan fingerprint density at radius 1 is 1.11 bits per heavy atom. The first kappa shape index (κ1) is 27.5. The van der Waals surface area contributed by atoms with Crippen LogP contribution in [0.5, 0.6) is 11.5 Å². The molecule has 4 aromatic rings. The van der Waals surface area contributed by atoms with Gasteiger partial charge in [-0.3, -0.25) is 4.79 Å². The lowest BCUT2D eigenvalue weighted by Gasteiger charge is -2.09. The number of nitrogens with one attached hydrogen (secondary N) is 1. The summed E-state index contributed by atoms with van der Waals surface area (Å²) in [5.41, 5.74) is 2.69. The quantitative estimate of drug-likeness (QED) is 0.193. The Kier molecular flexibility index (Phi) is 8.93. The van der Waals surface area contributed by atoms with E-state index in [1.54, 1.807) is 35.9 Å². The molecule has 198 valence electrons. The molecule has 2 heterocycles. The van der Waals surface area contributed by atoms with Gasteiger partial charge in [0.05, 0.1) is 20.0 Å². The van der Waals surface area contributed by atoms with Crippen LogP contribution in [0.2, 0.25) is 5.02 Å². The maximum atomic E-state index is 12.8. The Labute approximate surface area is 233 Å². The zero-order chi connectivity index (χ0) is 27.2. The van der Waals surface area contributed by atoms with Gasteiger partial charge >= 0.3 is 5.97 Å². The minimum atomic E-state index is -0.533. The van der Waals surface area contributed by atoms with Crippen LogP contribution in [0.1, 0.15) is 21.7 Å². The normalized spacial score (nSPS) is 10.8. The average Bonchev–Trinajstić information content (AvgIpc) is 3.50. The van der Waals surface area contributed by atoms with Gasteiger partial charge in [-0.1, -0.05) is 35.5 Å². The second-order valence-corrected chi connectivity index (χ2v) is 10.3. The van der Waals surface area contributed by atoms with Gasteiger partial charge in [0.15, 0.2) is 11.0 Å². The monoisotopic (exact) mass is 572 g/mol. The number of amides is 1. The number of carbonyl (C=O) groups excluding carboxylic acids is 2. The van der Waals surface area contributed by atoms with Crippen molar-refractivity contribution in [3.05, 3.63) is 69.8 Å². The van der Waals surface area contributed by atoms with Crippen LogP contribution in [0.4, 0.5) is 5.00 Å². The molecule has 0 fully saturated rings. The Morgan fingerprint density at radius 3 is 2.53 bits per heavy atom. The summed E-state index contributed by atoms with van der Waals surface area (Å²) in [6, 6.07) is 12.7. The third kappa shape index (κ3) is 6.29. The molecule has 1 N–H and O–H groups in total. The molecular weight excluding hydrogens is 548 g/mol. The number of carbonyl (C=O) groups is 2. The van der Waals surface area contributed by atoms with Gasteiger partial charge in [-0.2, -0.15) is 0 Å². The van der Waals surface area contributed by atoms with Crippen molar-refractivity contribution >= 4 is 51.6 Å². The Hall–Kier alpha value is -3.54. The van der Waals surface area contributed by atoms with Crippen molar-refractivity contribution in [2.75, 3.05) is 25.3 Å². The number of halogens is 1. The fourth-order valence-electron chi connectivity index (χ4n) is 3.48. The molecule has 0 unspecified atom stereocenters. The molecule has 9 nitrogen and oxygen atoms in total. The van der Waals surface area contributed by atoms with Crippen LogP contribution < -0.4 is 14.8 Å². The van der Waals surface area contributed by atoms with Gasteiger partial charge in [0, 0.05) is 23.0 Å². The lowest BCUT2D eigenvalue weighted by Crippen LogP contribution is -2.16. The van der Waals surface area contributed by atoms with Crippen LogP contribution in [0, 0.1) is 6.92 Å². The number of aromatic nitrogens is 3. The molecule has 4 rings (SSSR count). The van der Waals surface area contributed by atoms with Crippen molar-refractivity contribution < 1.29 is 23.8 Å². The van der Waals surface area contributed by atoms with Gasteiger partial charge in [0.25, 0.3) is 0 Å². The van der Waals surface area contributed by atoms with E-state index in [9.17, 15) is 9.59 Å². The van der Waals surface area contributed by atoms with Crippen molar-refractivity contribution in [2.24, 2.45) is 7.05 Å². The van der Waals surface area contributed by atoms with Crippen molar-refractivity contribution in [1.29, 1.82) is 0 Å². The minimum Gasteiger partial charge on any atom is -0.497 e. The van der Waals surface area contributed by atoms with Crippen molar-refractivity contribution in [2.45, 2.75) is 18.7 Å². The first-order valence-corrected chi connectivity index (χ1v) is 13.6. The molecule has 2 aromatic carbocycles. The van der Waals surface area contributed by atoms with E-state index in [2.05, 4.69) is 15.5 Å². The second-order valence-electron chi connectivity index (χ2n) is 8.07. The van der Waals surface area contributed by atoms with Gasteiger partial charge in [-0.15, -0.1) is 21.5 Å². The number of benzene rings is 2. The zero-order valence-electron chi connectivity index (χ0n) is 21.1. The molecule has 0 atom stereocenters. The standard InChI is InChI=1S/C26H25ClN4O5S2/c1-15-11-18(9-10-20(15)27)36-12-21-29-30-26(31(21)2)38-14-22(32)28-24-23(25(33)35-4)19(13-37-24)16-5-7-17(34-3)8-6-16/h5-11,13H,12,14H2,1-4H3,(H,28,32). The van der Waals surface area contributed by atoms with Crippen LogP contribution in [-0.2, 0) is 23.2 Å². The average molecular weight is 573 g/mol. The summed E-state index contributed by atoms with van der Waals surface area (Å²) in [4.78, 5) is 25.4. The van der Waals surface area contributed by atoms with E-state index in [1.807, 2.05) is 37.6 Å². The lowest BCUT2D eigenvalue weighted by molar-refractivity contribution is -0.113. The Balaban J connectivity index is 1.40. The Morgan fingerprint density at radius 2 is 1.84 bits per heavy atom. The highest BCUT2D eigenvalue weighted by molar-refractivity contribution is 7.99. The fourth-order valence-corrected chi connectivity index (χ4v) is 5.30. The number of methoxy groups -OCH3 is 2.